The van der Waals surface area contributed by atoms with Gasteiger partial charge in [-0.2, -0.15) is 0 Å². The largest absolute Gasteiger partial charge is 0.481 e. The molecule has 2 aromatic rings. The van der Waals surface area contributed by atoms with Crippen LogP contribution >= 0.6 is 11.8 Å². The van der Waals surface area contributed by atoms with Crippen molar-refractivity contribution in [3.63, 3.8) is 0 Å². The van der Waals surface area contributed by atoms with Gasteiger partial charge < -0.3 is 5.11 Å². The Balaban J connectivity index is 2.20. The standard InChI is InChI=1S/C17H18O2S/c1-12-10-15(13(2)20-11-17(18)19)8-9-16(12)14-6-4-3-5-7-14/h3-10,13H,11H2,1-2H3,(H,18,19). The van der Waals surface area contributed by atoms with Gasteiger partial charge in [-0.1, -0.05) is 48.5 Å². The van der Waals surface area contributed by atoms with E-state index in [1.165, 1.54) is 34.0 Å². The predicted molar refractivity (Wildman–Crippen MR) is 85.1 cm³/mol. The first-order valence-corrected chi connectivity index (χ1v) is 7.62. The van der Waals surface area contributed by atoms with Crippen molar-refractivity contribution in [2.45, 2.75) is 19.1 Å². The average molecular weight is 286 g/mol. The molecular formula is C17H18O2S. The Labute approximate surface area is 123 Å². The van der Waals surface area contributed by atoms with Gasteiger partial charge in [0.05, 0.1) is 5.75 Å². The summed E-state index contributed by atoms with van der Waals surface area (Å²) < 4.78 is 0. The normalized spacial score (nSPS) is 12.1. The van der Waals surface area contributed by atoms with Crippen LogP contribution in [0.5, 0.6) is 0 Å². The molecule has 104 valence electrons. The van der Waals surface area contributed by atoms with E-state index in [1.54, 1.807) is 0 Å². The third-order valence-corrected chi connectivity index (χ3v) is 4.45. The molecule has 2 aromatic carbocycles. The van der Waals surface area contributed by atoms with Crippen LogP contribution in [0.25, 0.3) is 11.1 Å². The number of carboxylic acid groups (broad SMARTS) is 1. The lowest BCUT2D eigenvalue weighted by atomic mass is 9.98. The molecule has 0 aliphatic carbocycles. The maximum absolute atomic E-state index is 10.6. The number of hydrogen-bond donors (Lipinski definition) is 1. The third kappa shape index (κ3) is 3.64. The summed E-state index contributed by atoms with van der Waals surface area (Å²) in [6.07, 6.45) is 0. The van der Waals surface area contributed by atoms with E-state index in [4.69, 9.17) is 5.11 Å². The van der Waals surface area contributed by atoms with Gasteiger partial charge in [-0.15, -0.1) is 11.8 Å². The van der Waals surface area contributed by atoms with E-state index in [9.17, 15) is 4.79 Å². The van der Waals surface area contributed by atoms with Crippen molar-refractivity contribution < 1.29 is 9.90 Å². The first-order chi connectivity index (χ1) is 9.58. The molecule has 0 amide bonds. The van der Waals surface area contributed by atoms with E-state index in [-0.39, 0.29) is 11.0 Å². The molecule has 20 heavy (non-hydrogen) atoms. The zero-order valence-corrected chi connectivity index (χ0v) is 12.5. The number of carbonyl (C=O) groups is 1. The van der Waals surface area contributed by atoms with Crippen LogP contribution in [-0.4, -0.2) is 16.8 Å². The molecule has 1 N–H and O–H groups in total. The maximum Gasteiger partial charge on any atom is 0.313 e. The topological polar surface area (TPSA) is 37.3 Å². The quantitative estimate of drug-likeness (QED) is 0.876. The van der Waals surface area contributed by atoms with Gasteiger partial charge in [0, 0.05) is 5.25 Å². The number of thioether (sulfide) groups is 1. The molecule has 0 heterocycles. The van der Waals surface area contributed by atoms with Gasteiger partial charge in [-0.05, 0) is 36.1 Å². The summed E-state index contributed by atoms with van der Waals surface area (Å²) in [4.78, 5) is 10.6. The highest BCUT2D eigenvalue weighted by Crippen LogP contribution is 2.31. The highest BCUT2D eigenvalue weighted by Gasteiger charge is 2.10. The van der Waals surface area contributed by atoms with Crippen molar-refractivity contribution in [3.8, 4) is 11.1 Å². The molecule has 2 nitrogen and oxygen atoms in total. The Kier molecular flexibility index (Phi) is 4.85. The van der Waals surface area contributed by atoms with Gasteiger partial charge in [-0.25, -0.2) is 0 Å². The second kappa shape index (κ2) is 6.62. The fourth-order valence-corrected chi connectivity index (χ4v) is 2.91. The van der Waals surface area contributed by atoms with Crippen molar-refractivity contribution in [1.29, 1.82) is 0 Å². The van der Waals surface area contributed by atoms with Crippen molar-refractivity contribution in [3.05, 3.63) is 59.7 Å². The Morgan fingerprint density at radius 2 is 1.90 bits per heavy atom. The van der Waals surface area contributed by atoms with E-state index in [2.05, 4.69) is 37.3 Å². The van der Waals surface area contributed by atoms with Crippen LogP contribution in [0, 0.1) is 6.92 Å². The summed E-state index contributed by atoms with van der Waals surface area (Å²) in [5.41, 5.74) is 4.83. The number of aryl methyl sites for hydroxylation is 1. The molecule has 2 rings (SSSR count). The molecule has 0 radical (unpaired) electrons. The predicted octanol–water partition coefficient (Wildman–Crippen LogP) is 4.54. The van der Waals surface area contributed by atoms with Crippen LogP contribution in [0.15, 0.2) is 48.5 Å². The molecule has 1 atom stereocenters. The molecule has 3 heteroatoms. The molecule has 1 unspecified atom stereocenters. The SMILES string of the molecule is Cc1cc(C(C)SCC(=O)O)ccc1-c1ccccc1. The maximum atomic E-state index is 10.6. The van der Waals surface area contributed by atoms with Crippen LogP contribution in [0.1, 0.15) is 23.3 Å². The average Bonchev–Trinajstić information content (AvgIpc) is 2.45. The molecular weight excluding hydrogens is 268 g/mol. The summed E-state index contributed by atoms with van der Waals surface area (Å²) in [6, 6.07) is 16.7. The van der Waals surface area contributed by atoms with Crippen molar-refractivity contribution >= 4 is 17.7 Å². The van der Waals surface area contributed by atoms with E-state index in [0.717, 1.165) is 0 Å². The second-order valence-electron chi connectivity index (χ2n) is 4.79. The lowest BCUT2D eigenvalue weighted by Crippen LogP contribution is -2.01. The summed E-state index contributed by atoms with van der Waals surface area (Å²) in [5.74, 6) is -0.625. The van der Waals surface area contributed by atoms with Crippen molar-refractivity contribution in [2.75, 3.05) is 5.75 Å². The van der Waals surface area contributed by atoms with Crippen LogP contribution in [-0.2, 0) is 4.79 Å². The summed E-state index contributed by atoms with van der Waals surface area (Å²) in [5, 5.41) is 8.93. The van der Waals surface area contributed by atoms with Gasteiger partial charge in [0.25, 0.3) is 0 Å². The van der Waals surface area contributed by atoms with E-state index >= 15 is 0 Å². The molecule has 0 saturated carbocycles. The fourth-order valence-electron chi connectivity index (χ4n) is 2.17. The lowest BCUT2D eigenvalue weighted by molar-refractivity contribution is -0.133. The number of rotatable bonds is 5. The molecule has 0 spiro atoms. The first kappa shape index (κ1) is 14.7. The summed E-state index contributed by atoms with van der Waals surface area (Å²) in [7, 11) is 0. The fraction of sp³-hybridized carbons (Fsp3) is 0.235. The van der Waals surface area contributed by atoms with Crippen LogP contribution in [0.3, 0.4) is 0 Å². The van der Waals surface area contributed by atoms with Gasteiger partial charge in [0.2, 0.25) is 0 Å². The van der Waals surface area contributed by atoms with Gasteiger partial charge >= 0.3 is 5.97 Å². The summed E-state index contributed by atoms with van der Waals surface area (Å²) >= 11 is 1.45. The minimum absolute atomic E-state index is 0.140. The number of carboxylic acids is 1. The van der Waals surface area contributed by atoms with Crippen molar-refractivity contribution in [1.82, 2.24) is 0 Å². The molecule has 0 saturated heterocycles. The summed E-state index contributed by atoms with van der Waals surface area (Å²) in [6.45, 7) is 4.14. The zero-order valence-electron chi connectivity index (χ0n) is 11.7. The second-order valence-corrected chi connectivity index (χ2v) is 6.12. The molecule has 0 aliphatic heterocycles. The minimum atomic E-state index is -0.764. The van der Waals surface area contributed by atoms with Gasteiger partial charge in [0.15, 0.2) is 0 Å². The number of hydrogen-bond acceptors (Lipinski definition) is 2. The van der Waals surface area contributed by atoms with E-state index in [1.807, 2.05) is 25.1 Å². The van der Waals surface area contributed by atoms with Gasteiger partial charge in [0.1, 0.15) is 0 Å². The minimum Gasteiger partial charge on any atom is -0.481 e. The number of benzene rings is 2. The Hall–Kier alpha value is -1.74. The molecule has 0 fully saturated rings. The van der Waals surface area contributed by atoms with Crippen LogP contribution in [0.4, 0.5) is 0 Å². The Bertz CT molecular complexity index is 593. The monoisotopic (exact) mass is 286 g/mol. The van der Waals surface area contributed by atoms with Crippen molar-refractivity contribution in [2.24, 2.45) is 0 Å². The van der Waals surface area contributed by atoms with Gasteiger partial charge in [-0.3, -0.25) is 4.79 Å². The first-order valence-electron chi connectivity index (χ1n) is 6.57. The van der Waals surface area contributed by atoms with E-state index in [0.29, 0.717) is 0 Å². The highest BCUT2D eigenvalue weighted by atomic mass is 32.2. The third-order valence-electron chi connectivity index (χ3n) is 3.26. The zero-order chi connectivity index (χ0) is 14.5. The Morgan fingerprint density at radius 1 is 1.20 bits per heavy atom. The molecule has 0 aromatic heterocycles. The molecule has 0 aliphatic rings. The highest BCUT2D eigenvalue weighted by molar-refractivity contribution is 8.00. The smallest absolute Gasteiger partial charge is 0.313 e. The molecule has 0 bridgehead atoms. The van der Waals surface area contributed by atoms with E-state index < -0.39 is 5.97 Å². The lowest BCUT2D eigenvalue weighted by Gasteiger charge is -2.13. The number of aliphatic carboxylic acids is 1. The van der Waals surface area contributed by atoms with Crippen LogP contribution in [0.2, 0.25) is 0 Å². The Morgan fingerprint density at radius 3 is 2.50 bits per heavy atom. The van der Waals surface area contributed by atoms with Crippen LogP contribution < -0.4 is 0 Å².